The van der Waals surface area contributed by atoms with Crippen molar-refractivity contribution in [3.8, 4) is 0 Å². The standard InChI is InChI=1S/C25H27N3/c1-3-5-7-11-21(10-4-2)24-18-25(22-12-8-6-9-13-22)28(27-24)23-16-14-20(19-26)15-17-23/h3,5-6,8-18,25,27H,2,7,19,26H2,1H3/b5-3+,21-11+. The quantitative estimate of drug-likeness (QED) is 0.394. The maximum atomic E-state index is 5.76. The van der Waals surface area contributed by atoms with Crippen molar-refractivity contribution in [2.75, 3.05) is 5.01 Å². The summed E-state index contributed by atoms with van der Waals surface area (Å²) in [6.45, 7) is 6.33. The van der Waals surface area contributed by atoms with E-state index in [9.17, 15) is 0 Å². The average Bonchev–Trinajstić information content (AvgIpc) is 3.19. The molecule has 0 bridgehead atoms. The van der Waals surface area contributed by atoms with Gasteiger partial charge in [0.15, 0.2) is 0 Å². The van der Waals surface area contributed by atoms with Gasteiger partial charge in [0.2, 0.25) is 0 Å². The Bertz CT molecular complexity index is 914. The summed E-state index contributed by atoms with van der Waals surface area (Å²) >= 11 is 0. The molecular formula is C25H27N3. The van der Waals surface area contributed by atoms with Gasteiger partial charge in [0.1, 0.15) is 0 Å². The molecule has 142 valence electrons. The van der Waals surface area contributed by atoms with E-state index in [0.29, 0.717) is 6.54 Å². The second-order valence-corrected chi connectivity index (χ2v) is 6.60. The maximum Gasteiger partial charge on any atom is 0.0958 e. The van der Waals surface area contributed by atoms with E-state index in [1.807, 2.05) is 19.1 Å². The van der Waals surface area contributed by atoms with Gasteiger partial charge >= 0.3 is 0 Å². The zero-order valence-corrected chi connectivity index (χ0v) is 16.3. The van der Waals surface area contributed by atoms with Crippen LogP contribution >= 0.6 is 0 Å². The van der Waals surface area contributed by atoms with E-state index in [-0.39, 0.29) is 6.04 Å². The predicted octanol–water partition coefficient (Wildman–Crippen LogP) is 5.33. The molecule has 2 aromatic carbocycles. The Morgan fingerprint density at radius 1 is 1.18 bits per heavy atom. The average molecular weight is 370 g/mol. The zero-order chi connectivity index (χ0) is 19.8. The van der Waals surface area contributed by atoms with E-state index in [1.54, 1.807) is 0 Å². The summed E-state index contributed by atoms with van der Waals surface area (Å²) in [7, 11) is 0. The lowest BCUT2D eigenvalue weighted by atomic mass is 10.0. The first-order valence-electron chi connectivity index (χ1n) is 9.56. The number of nitrogens with two attached hydrogens (primary N) is 1. The number of hydrazine groups is 1. The molecule has 1 aliphatic heterocycles. The Balaban J connectivity index is 1.98. The van der Waals surface area contributed by atoms with Gasteiger partial charge in [-0.15, -0.1) is 5.73 Å². The first-order chi connectivity index (χ1) is 13.8. The first-order valence-corrected chi connectivity index (χ1v) is 9.56. The van der Waals surface area contributed by atoms with Gasteiger partial charge in [0.05, 0.1) is 17.4 Å². The first kappa shape index (κ1) is 19.5. The minimum absolute atomic E-state index is 0.0864. The molecule has 0 radical (unpaired) electrons. The van der Waals surface area contributed by atoms with Crippen LogP contribution in [0.3, 0.4) is 0 Å². The van der Waals surface area contributed by atoms with Crippen LogP contribution in [0.25, 0.3) is 0 Å². The summed E-state index contributed by atoms with van der Waals surface area (Å²) in [5.41, 5.74) is 17.8. The predicted molar refractivity (Wildman–Crippen MR) is 118 cm³/mol. The molecule has 0 saturated carbocycles. The lowest BCUT2D eigenvalue weighted by Gasteiger charge is -2.28. The molecule has 0 aromatic heterocycles. The Kier molecular flexibility index (Phi) is 6.69. The Morgan fingerprint density at radius 2 is 1.93 bits per heavy atom. The number of hydrogen-bond donors (Lipinski definition) is 2. The van der Waals surface area contributed by atoms with Crippen LogP contribution in [0.1, 0.15) is 30.5 Å². The SMILES string of the molecule is C=C=C/C(=C\C/C=C/C)C1=CC(c2ccccc2)N(c2ccc(CN)cc2)N1. The van der Waals surface area contributed by atoms with E-state index in [2.05, 4.69) is 95.6 Å². The maximum absolute atomic E-state index is 5.76. The topological polar surface area (TPSA) is 41.3 Å². The third-order valence-corrected chi connectivity index (χ3v) is 4.71. The molecular weight excluding hydrogens is 342 g/mol. The lowest BCUT2D eigenvalue weighted by Crippen LogP contribution is -2.34. The molecule has 0 spiro atoms. The molecule has 0 saturated heterocycles. The van der Waals surface area contributed by atoms with E-state index >= 15 is 0 Å². The van der Waals surface area contributed by atoms with Crippen molar-refractivity contribution < 1.29 is 0 Å². The number of hydrogen-bond acceptors (Lipinski definition) is 3. The van der Waals surface area contributed by atoms with Crippen molar-refractivity contribution >= 4 is 5.69 Å². The van der Waals surface area contributed by atoms with Crippen molar-refractivity contribution in [3.05, 3.63) is 120 Å². The molecule has 1 heterocycles. The Hall–Kier alpha value is -3.26. The van der Waals surface area contributed by atoms with Crippen LogP contribution in [-0.4, -0.2) is 0 Å². The molecule has 1 atom stereocenters. The molecule has 3 rings (SSSR count). The van der Waals surface area contributed by atoms with Gasteiger partial charge in [0, 0.05) is 12.1 Å². The summed E-state index contributed by atoms with van der Waals surface area (Å²) in [4.78, 5) is 0. The molecule has 2 aromatic rings. The fourth-order valence-electron chi connectivity index (χ4n) is 3.23. The number of nitrogens with one attached hydrogen (secondary N) is 1. The largest absolute Gasteiger partial charge is 0.326 e. The van der Waals surface area contributed by atoms with Gasteiger partial charge < -0.3 is 5.73 Å². The van der Waals surface area contributed by atoms with Crippen LogP contribution in [0.5, 0.6) is 0 Å². The lowest BCUT2D eigenvalue weighted by molar-refractivity contribution is 0.707. The van der Waals surface area contributed by atoms with E-state index < -0.39 is 0 Å². The summed E-state index contributed by atoms with van der Waals surface area (Å²) in [6, 6.07) is 18.9. The summed E-state index contributed by atoms with van der Waals surface area (Å²) in [5.74, 6) is 0. The smallest absolute Gasteiger partial charge is 0.0958 e. The minimum atomic E-state index is 0.0864. The number of nitrogens with zero attached hydrogens (tertiary/aromatic N) is 1. The highest BCUT2D eigenvalue weighted by Gasteiger charge is 2.27. The summed E-state index contributed by atoms with van der Waals surface area (Å²) < 4.78 is 0. The van der Waals surface area contributed by atoms with E-state index in [4.69, 9.17) is 5.73 Å². The van der Waals surface area contributed by atoms with E-state index in [0.717, 1.165) is 28.9 Å². The third-order valence-electron chi connectivity index (χ3n) is 4.71. The number of allylic oxidation sites excluding steroid dienone is 4. The van der Waals surface area contributed by atoms with Crippen LogP contribution < -0.4 is 16.2 Å². The minimum Gasteiger partial charge on any atom is -0.326 e. The van der Waals surface area contributed by atoms with Gasteiger partial charge in [-0.05, 0) is 48.8 Å². The molecule has 3 nitrogen and oxygen atoms in total. The second-order valence-electron chi connectivity index (χ2n) is 6.60. The normalized spacial score (nSPS) is 16.6. The van der Waals surface area contributed by atoms with Crippen LogP contribution in [-0.2, 0) is 6.54 Å². The highest BCUT2D eigenvalue weighted by atomic mass is 15.5. The van der Waals surface area contributed by atoms with Gasteiger partial charge in [-0.1, -0.05) is 67.3 Å². The Morgan fingerprint density at radius 3 is 2.57 bits per heavy atom. The van der Waals surface area contributed by atoms with Crippen molar-refractivity contribution in [3.63, 3.8) is 0 Å². The summed E-state index contributed by atoms with van der Waals surface area (Å²) in [6.07, 6.45) is 11.4. The molecule has 0 amide bonds. The highest BCUT2D eigenvalue weighted by molar-refractivity contribution is 5.56. The zero-order valence-electron chi connectivity index (χ0n) is 16.3. The fourth-order valence-corrected chi connectivity index (χ4v) is 3.23. The molecule has 0 fully saturated rings. The van der Waals surface area contributed by atoms with Crippen molar-refractivity contribution in [1.82, 2.24) is 5.43 Å². The Labute approximate surface area is 167 Å². The van der Waals surface area contributed by atoms with Gasteiger partial charge in [-0.25, -0.2) is 0 Å². The van der Waals surface area contributed by atoms with E-state index in [1.165, 1.54) is 5.56 Å². The molecule has 3 N–H and O–H groups in total. The van der Waals surface area contributed by atoms with Gasteiger partial charge in [-0.2, -0.15) is 0 Å². The van der Waals surface area contributed by atoms with Crippen molar-refractivity contribution in [2.24, 2.45) is 5.73 Å². The fraction of sp³-hybridized carbons (Fsp3) is 0.160. The molecule has 3 heteroatoms. The van der Waals surface area contributed by atoms with Crippen LogP contribution in [0.2, 0.25) is 0 Å². The third kappa shape index (κ3) is 4.52. The molecule has 0 aliphatic carbocycles. The van der Waals surface area contributed by atoms with Gasteiger partial charge in [-0.3, -0.25) is 10.4 Å². The van der Waals surface area contributed by atoms with Crippen molar-refractivity contribution in [1.29, 1.82) is 0 Å². The van der Waals surface area contributed by atoms with Crippen molar-refractivity contribution in [2.45, 2.75) is 25.9 Å². The monoisotopic (exact) mass is 369 g/mol. The van der Waals surface area contributed by atoms with Crippen LogP contribution in [0.15, 0.2) is 109 Å². The molecule has 1 unspecified atom stereocenters. The number of rotatable bonds is 7. The highest BCUT2D eigenvalue weighted by Crippen LogP contribution is 2.34. The summed E-state index contributed by atoms with van der Waals surface area (Å²) in [5, 5.41) is 2.19. The second kappa shape index (κ2) is 9.61. The number of benzene rings is 2. The molecule has 1 aliphatic rings. The van der Waals surface area contributed by atoms with Crippen LogP contribution in [0.4, 0.5) is 5.69 Å². The van der Waals surface area contributed by atoms with Crippen LogP contribution in [0, 0.1) is 0 Å². The van der Waals surface area contributed by atoms with Gasteiger partial charge in [0.25, 0.3) is 0 Å². The number of anilines is 1. The molecule has 28 heavy (non-hydrogen) atoms.